The fourth-order valence-electron chi connectivity index (χ4n) is 2.24. The Bertz CT molecular complexity index is 845. The van der Waals surface area contributed by atoms with Crippen molar-refractivity contribution in [3.8, 4) is 11.3 Å². The lowest BCUT2D eigenvalue weighted by molar-refractivity contribution is -0.120. The predicted molar refractivity (Wildman–Crippen MR) is 92.6 cm³/mol. The van der Waals surface area contributed by atoms with Gasteiger partial charge in [0.25, 0.3) is 5.91 Å². The van der Waals surface area contributed by atoms with E-state index in [9.17, 15) is 9.59 Å². The van der Waals surface area contributed by atoms with Gasteiger partial charge in [-0.05, 0) is 12.1 Å². The molecule has 3 aromatic rings. The van der Waals surface area contributed by atoms with Crippen molar-refractivity contribution in [3.63, 3.8) is 0 Å². The first-order chi connectivity index (χ1) is 12.2. The SMILES string of the molecule is O=C(CNC(=O)c1ccccc1)NCc1cc(-c2ccccc2)on1. The van der Waals surface area contributed by atoms with Crippen molar-refractivity contribution in [2.24, 2.45) is 0 Å². The lowest BCUT2D eigenvalue weighted by atomic mass is 10.2. The maximum atomic E-state index is 11.9. The summed E-state index contributed by atoms with van der Waals surface area (Å²) < 4.78 is 5.27. The molecule has 0 aliphatic heterocycles. The van der Waals surface area contributed by atoms with Crippen LogP contribution in [0.5, 0.6) is 0 Å². The summed E-state index contributed by atoms with van der Waals surface area (Å²) in [6, 6.07) is 20.1. The van der Waals surface area contributed by atoms with Crippen LogP contribution < -0.4 is 10.6 Å². The van der Waals surface area contributed by atoms with Gasteiger partial charge < -0.3 is 15.2 Å². The number of carbonyl (C=O) groups excluding carboxylic acids is 2. The Morgan fingerprint density at radius 3 is 2.32 bits per heavy atom. The molecule has 126 valence electrons. The monoisotopic (exact) mass is 335 g/mol. The topological polar surface area (TPSA) is 84.2 Å². The molecule has 2 aromatic carbocycles. The number of aromatic nitrogens is 1. The molecule has 6 heteroatoms. The molecule has 0 aliphatic rings. The summed E-state index contributed by atoms with van der Waals surface area (Å²) in [6.45, 7) is 0.132. The van der Waals surface area contributed by atoms with Gasteiger partial charge in [-0.1, -0.05) is 53.7 Å². The maximum Gasteiger partial charge on any atom is 0.251 e. The molecule has 3 rings (SSSR count). The first-order valence-corrected chi connectivity index (χ1v) is 7.83. The molecule has 0 atom stereocenters. The minimum atomic E-state index is -0.298. The fraction of sp³-hybridized carbons (Fsp3) is 0.105. The Kier molecular flexibility index (Phi) is 5.21. The van der Waals surface area contributed by atoms with Gasteiger partial charge in [-0.25, -0.2) is 0 Å². The van der Waals surface area contributed by atoms with E-state index in [1.54, 1.807) is 30.3 Å². The van der Waals surface area contributed by atoms with E-state index >= 15 is 0 Å². The van der Waals surface area contributed by atoms with E-state index in [0.717, 1.165) is 5.56 Å². The molecule has 2 N–H and O–H groups in total. The summed E-state index contributed by atoms with van der Waals surface area (Å²) in [7, 11) is 0. The summed E-state index contributed by atoms with van der Waals surface area (Å²) in [5.74, 6) is 0.0549. The molecule has 0 saturated carbocycles. The van der Waals surface area contributed by atoms with Gasteiger partial charge in [0.2, 0.25) is 5.91 Å². The quantitative estimate of drug-likeness (QED) is 0.724. The normalized spacial score (nSPS) is 10.2. The van der Waals surface area contributed by atoms with Crippen molar-refractivity contribution >= 4 is 11.8 Å². The highest BCUT2D eigenvalue weighted by molar-refractivity contribution is 5.96. The van der Waals surface area contributed by atoms with E-state index in [4.69, 9.17) is 4.52 Å². The average Bonchev–Trinajstić information content (AvgIpc) is 3.15. The number of rotatable bonds is 6. The molecular formula is C19H17N3O3. The van der Waals surface area contributed by atoms with Crippen molar-refractivity contribution in [3.05, 3.63) is 78.0 Å². The molecule has 0 bridgehead atoms. The Morgan fingerprint density at radius 2 is 1.60 bits per heavy atom. The number of benzene rings is 2. The molecule has 0 spiro atoms. The van der Waals surface area contributed by atoms with E-state index in [1.807, 2.05) is 36.4 Å². The molecule has 0 fully saturated rings. The molecule has 25 heavy (non-hydrogen) atoms. The van der Waals surface area contributed by atoms with Crippen LogP contribution in [-0.2, 0) is 11.3 Å². The van der Waals surface area contributed by atoms with Crippen molar-refractivity contribution < 1.29 is 14.1 Å². The largest absolute Gasteiger partial charge is 0.356 e. The third-order valence-corrected chi connectivity index (χ3v) is 3.53. The van der Waals surface area contributed by atoms with Crippen molar-refractivity contribution in [1.82, 2.24) is 15.8 Å². The number of nitrogens with one attached hydrogen (secondary N) is 2. The number of amides is 2. The second-order valence-electron chi connectivity index (χ2n) is 5.37. The molecule has 6 nitrogen and oxygen atoms in total. The van der Waals surface area contributed by atoms with Crippen molar-refractivity contribution in [2.45, 2.75) is 6.54 Å². The van der Waals surface area contributed by atoms with E-state index in [2.05, 4.69) is 15.8 Å². The molecule has 0 saturated heterocycles. The smallest absolute Gasteiger partial charge is 0.251 e. The van der Waals surface area contributed by atoms with E-state index in [1.165, 1.54) is 0 Å². The van der Waals surface area contributed by atoms with Crippen LogP contribution in [0.3, 0.4) is 0 Å². The van der Waals surface area contributed by atoms with Gasteiger partial charge in [-0.3, -0.25) is 9.59 Å². The Balaban J connectivity index is 1.47. The molecular weight excluding hydrogens is 318 g/mol. The maximum absolute atomic E-state index is 11.9. The molecule has 0 aliphatic carbocycles. The van der Waals surface area contributed by atoms with Crippen molar-refractivity contribution in [1.29, 1.82) is 0 Å². The standard InChI is InChI=1S/C19H17N3O3/c23-18(13-21-19(24)15-9-5-2-6-10-15)20-12-16-11-17(25-22-16)14-7-3-1-4-8-14/h1-11H,12-13H2,(H,20,23)(H,21,24). The summed E-state index contributed by atoms with van der Waals surface area (Å²) in [5, 5.41) is 9.20. The van der Waals surface area contributed by atoms with Gasteiger partial charge in [0, 0.05) is 17.2 Å². The van der Waals surface area contributed by atoms with Gasteiger partial charge >= 0.3 is 0 Å². The summed E-state index contributed by atoms with van der Waals surface area (Å²) >= 11 is 0. The van der Waals surface area contributed by atoms with Crippen LogP contribution in [0.25, 0.3) is 11.3 Å². The van der Waals surface area contributed by atoms with Gasteiger partial charge in [-0.15, -0.1) is 0 Å². The second kappa shape index (κ2) is 7.92. The van der Waals surface area contributed by atoms with E-state index in [0.29, 0.717) is 17.0 Å². The summed E-state index contributed by atoms with van der Waals surface area (Å²) in [4.78, 5) is 23.7. The predicted octanol–water partition coefficient (Wildman–Crippen LogP) is 2.39. The van der Waals surface area contributed by atoms with E-state index < -0.39 is 0 Å². The number of hydrogen-bond donors (Lipinski definition) is 2. The van der Waals surface area contributed by atoms with Crippen LogP contribution >= 0.6 is 0 Å². The minimum absolute atomic E-state index is 0.100. The zero-order chi connectivity index (χ0) is 17.5. The minimum Gasteiger partial charge on any atom is -0.356 e. The van der Waals surface area contributed by atoms with Gasteiger partial charge in [0.15, 0.2) is 5.76 Å². The zero-order valence-corrected chi connectivity index (χ0v) is 13.4. The van der Waals surface area contributed by atoms with Crippen LogP contribution in [0, 0.1) is 0 Å². The summed E-state index contributed by atoms with van der Waals surface area (Å²) in [6.07, 6.45) is 0. The van der Waals surface area contributed by atoms with Crippen LogP contribution in [0.1, 0.15) is 16.1 Å². The van der Waals surface area contributed by atoms with Crippen LogP contribution in [0.15, 0.2) is 71.3 Å². The van der Waals surface area contributed by atoms with Gasteiger partial charge in [0.1, 0.15) is 5.69 Å². The van der Waals surface area contributed by atoms with Crippen LogP contribution in [-0.4, -0.2) is 23.5 Å². The molecule has 2 amide bonds. The fourth-order valence-corrected chi connectivity index (χ4v) is 2.24. The van der Waals surface area contributed by atoms with Gasteiger partial charge in [-0.2, -0.15) is 0 Å². The lowest BCUT2D eigenvalue weighted by Gasteiger charge is -2.05. The van der Waals surface area contributed by atoms with Crippen LogP contribution in [0.4, 0.5) is 0 Å². The molecule has 0 unspecified atom stereocenters. The lowest BCUT2D eigenvalue weighted by Crippen LogP contribution is -2.36. The number of nitrogens with zero attached hydrogens (tertiary/aromatic N) is 1. The highest BCUT2D eigenvalue weighted by atomic mass is 16.5. The highest BCUT2D eigenvalue weighted by Crippen LogP contribution is 2.19. The summed E-state index contributed by atoms with van der Waals surface area (Å²) in [5.41, 5.74) is 2.04. The zero-order valence-electron chi connectivity index (χ0n) is 13.4. The van der Waals surface area contributed by atoms with E-state index in [-0.39, 0.29) is 24.9 Å². The average molecular weight is 335 g/mol. The molecule has 0 radical (unpaired) electrons. The Hall–Kier alpha value is -3.41. The van der Waals surface area contributed by atoms with Crippen molar-refractivity contribution in [2.75, 3.05) is 6.54 Å². The third kappa shape index (κ3) is 4.54. The Labute approximate surface area is 144 Å². The number of hydrogen-bond acceptors (Lipinski definition) is 4. The Morgan fingerprint density at radius 1 is 0.920 bits per heavy atom. The second-order valence-corrected chi connectivity index (χ2v) is 5.37. The first-order valence-electron chi connectivity index (χ1n) is 7.83. The number of carbonyl (C=O) groups is 2. The molecule has 1 heterocycles. The highest BCUT2D eigenvalue weighted by Gasteiger charge is 2.09. The molecule has 1 aromatic heterocycles. The van der Waals surface area contributed by atoms with Gasteiger partial charge in [0.05, 0.1) is 13.1 Å². The van der Waals surface area contributed by atoms with Crippen LogP contribution in [0.2, 0.25) is 0 Å². The first kappa shape index (κ1) is 16.4. The third-order valence-electron chi connectivity index (χ3n) is 3.53.